The molecule has 1 aliphatic heterocycles. The van der Waals surface area contributed by atoms with Crippen LogP contribution in [-0.4, -0.2) is 40.1 Å². The lowest BCUT2D eigenvalue weighted by atomic mass is 10.0. The largest absolute Gasteiger partial charge is 0.419 e. The Bertz CT molecular complexity index is 962. The first-order valence-electron chi connectivity index (χ1n) is 10.1. The molecular weight excluding hydrogens is 364 g/mol. The van der Waals surface area contributed by atoms with Crippen molar-refractivity contribution in [2.45, 2.75) is 38.8 Å². The van der Waals surface area contributed by atoms with E-state index in [1.807, 2.05) is 61.5 Å². The Hall–Kier alpha value is -2.99. The van der Waals surface area contributed by atoms with E-state index in [9.17, 15) is 4.79 Å². The van der Waals surface area contributed by atoms with Gasteiger partial charge in [0, 0.05) is 30.3 Å². The Kier molecular flexibility index (Phi) is 5.71. The molecule has 0 bridgehead atoms. The summed E-state index contributed by atoms with van der Waals surface area (Å²) in [7, 11) is 0. The number of hydrogen-bond acceptors (Lipinski definition) is 5. The summed E-state index contributed by atoms with van der Waals surface area (Å²) in [5.41, 5.74) is 2.81. The van der Waals surface area contributed by atoms with E-state index >= 15 is 0 Å². The number of aromatic nitrogens is 2. The topological polar surface area (TPSA) is 71.3 Å². The van der Waals surface area contributed by atoms with Crippen molar-refractivity contribution in [2.24, 2.45) is 0 Å². The number of piperidine rings is 1. The Balaban J connectivity index is 1.33. The molecule has 1 unspecified atom stereocenters. The number of hydrogen-bond donors (Lipinski definition) is 1. The quantitative estimate of drug-likeness (QED) is 0.713. The van der Waals surface area contributed by atoms with Gasteiger partial charge in [0.05, 0.1) is 6.04 Å². The van der Waals surface area contributed by atoms with Crippen LogP contribution in [0.5, 0.6) is 0 Å². The maximum absolute atomic E-state index is 12.4. The van der Waals surface area contributed by atoms with Crippen LogP contribution < -0.4 is 5.32 Å². The van der Waals surface area contributed by atoms with Crippen LogP contribution in [0.25, 0.3) is 11.5 Å². The van der Waals surface area contributed by atoms with Crippen molar-refractivity contribution in [1.82, 2.24) is 20.4 Å². The minimum Gasteiger partial charge on any atom is -0.419 e. The van der Waals surface area contributed by atoms with Crippen molar-refractivity contribution < 1.29 is 9.21 Å². The lowest BCUT2D eigenvalue weighted by molar-refractivity contribution is 0.0885. The number of carbonyl (C=O) groups excluding carboxylic acids is 1. The highest BCUT2D eigenvalue weighted by atomic mass is 16.4. The minimum absolute atomic E-state index is 0.00297. The minimum atomic E-state index is -0.00297. The van der Waals surface area contributed by atoms with Gasteiger partial charge in [0.25, 0.3) is 5.91 Å². The molecule has 3 aromatic rings. The Morgan fingerprint density at radius 1 is 1.10 bits per heavy atom. The number of aryl methyl sites for hydroxylation is 1. The maximum Gasteiger partial charge on any atom is 0.251 e. The lowest BCUT2D eigenvalue weighted by Crippen LogP contribution is -2.45. The number of benzene rings is 2. The van der Waals surface area contributed by atoms with E-state index in [4.69, 9.17) is 4.42 Å². The van der Waals surface area contributed by atoms with Crippen molar-refractivity contribution in [3.63, 3.8) is 0 Å². The monoisotopic (exact) mass is 390 g/mol. The predicted octanol–water partition coefficient (Wildman–Crippen LogP) is 4.00. The van der Waals surface area contributed by atoms with Crippen LogP contribution in [-0.2, 0) is 0 Å². The lowest BCUT2D eigenvalue weighted by Gasteiger charge is -2.34. The van der Waals surface area contributed by atoms with Gasteiger partial charge < -0.3 is 9.73 Å². The van der Waals surface area contributed by atoms with Crippen LogP contribution in [0.4, 0.5) is 0 Å². The summed E-state index contributed by atoms with van der Waals surface area (Å²) >= 11 is 0. The van der Waals surface area contributed by atoms with E-state index in [0.717, 1.165) is 37.1 Å². The van der Waals surface area contributed by atoms with Crippen molar-refractivity contribution in [3.8, 4) is 11.5 Å². The molecule has 6 heteroatoms. The molecule has 1 saturated heterocycles. The Labute approximate surface area is 170 Å². The summed E-state index contributed by atoms with van der Waals surface area (Å²) in [4.78, 5) is 14.7. The second-order valence-electron chi connectivity index (χ2n) is 7.64. The van der Waals surface area contributed by atoms with Crippen molar-refractivity contribution in [1.29, 1.82) is 0 Å². The maximum atomic E-state index is 12.4. The van der Waals surface area contributed by atoms with Crippen LogP contribution in [0.1, 0.15) is 47.6 Å². The standard InChI is InChI=1S/C23H26N4O2/c1-16-7-6-10-19(15-16)23-26-25-22(29-23)17(2)27-13-11-20(12-14-27)24-21(28)18-8-4-3-5-9-18/h3-10,15,17,20H,11-14H2,1-2H3,(H,24,28). The molecule has 0 saturated carbocycles. The number of nitrogens with zero attached hydrogens (tertiary/aromatic N) is 3. The van der Waals surface area contributed by atoms with Crippen LogP contribution in [0, 0.1) is 6.92 Å². The highest BCUT2D eigenvalue weighted by Gasteiger charge is 2.27. The SMILES string of the molecule is Cc1cccc(-c2nnc(C(C)N3CCC(NC(=O)c4ccccc4)CC3)o2)c1. The van der Waals surface area contributed by atoms with Crippen molar-refractivity contribution >= 4 is 5.91 Å². The fraction of sp³-hybridized carbons (Fsp3) is 0.348. The number of carbonyl (C=O) groups is 1. The number of likely N-dealkylation sites (tertiary alicyclic amines) is 1. The van der Waals surface area contributed by atoms with Gasteiger partial charge in [-0.05, 0) is 51.0 Å². The van der Waals surface area contributed by atoms with Crippen LogP contribution >= 0.6 is 0 Å². The zero-order chi connectivity index (χ0) is 20.2. The van der Waals surface area contributed by atoms with Gasteiger partial charge in [-0.3, -0.25) is 9.69 Å². The van der Waals surface area contributed by atoms with E-state index in [1.54, 1.807) is 0 Å². The van der Waals surface area contributed by atoms with Gasteiger partial charge in [0.1, 0.15) is 0 Å². The highest BCUT2D eigenvalue weighted by Crippen LogP contribution is 2.26. The number of rotatable bonds is 5. The zero-order valence-corrected chi connectivity index (χ0v) is 16.8. The smallest absolute Gasteiger partial charge is 0.251 e. The number of nitrogens with one attached hydrogen (secondary N) is 1. The average Bonchev–Trinajstić information content (AvgIpc) is 3.25. The third-order valence-electron chi connectivity index (χ3n) is 5.51. The summed E-state index contributed by atoms with van der Waals surface area (Å²) in [5.74, 6) is 1.19. The molecule has 0 spiro atoms. The number of amides is 1. The second-order valence-corrected chi connectivity index (χ2v) is 7.64. The van der Waals surface area contributed by atoms with E-state index in [0.29, 0.717) is 17.3 Å². The fourth-order valence-electron chi connectivity index (χ4n) is 3.74. The van der Waals surface area contributed by atoms with Crippen LogP contribution in [0.2, 0.25) is 0 Å². The second kappa shape index (κ2) is 8.57. The summed E-state index contributed by atoms with van der Waals surface area (Å²) in [6.07, 6.45) is 1.81. The molecule has 1 aliphatic rings. The third kappa shape index (κ3) is 4.54. The Morgan fingerprint density at radius 2 is 1.86 bits per heavy atom. The van der Waals surface area contributed by atoms with Gasteiger partial charge in [-0.15, -0.1) is 10.2 Å². The normalized spacial score (nSPS) is 16.5. The Morgan fingerprint density at radius 3 is 2.59 bits per heavy atom. The average molecular weight is 390 g/mol. The molecule has 2 aromatic carbocycles. The van der Waals surface area contributed by atoms with Gasteiger partial charge in [-0.2, -0.15) is 0 Å². The molecule has 6 nitrogen and oxygen atoms in total. The predicted molar refractivity (Wildman–Crippen MR) is 111 cm³/mol. The summed E-state index contributed by atoms with van der Waals surface area (Å²) in [6.45, 7) is 5.90. The first-order valence-corrected chi connectivity index (χ1v) is 10.1. The van der Waals surface area contributed by atoms with E-state index in [1.165, 1.54) is 0 Å². The molecule has 150 valence electrons. The van der Waals surface area contributed by atoms with Gasteiger partial charge in [0.15, 0.2) is 0 Å². The van der Waals surface area contributed by atoms with E-state index in [-0.39, 0.29) is 18.0 Å². The van der Waals surface area contributed by atoms with Crippen LogP contribution in [0.3, 0.4) is 0 Å². The van der Waals surface area contributed by atoms with Gasteiger partial charge in [0.2, 0.25) is 11.8 Å². The zero-order valence-electron chi connectivity index (χ0n) is 16.8. The van der Waals surface area contributed by atoms with Gasteiger partial charge >= 0.3 is 0 Å². The molecule has 0 aliphatic carbocycles. The molecule has 1 atom stereocenters. The molecule has 1 fully saturated rings. The first kappa shape index (κ1) is 19.3. The molecule has 0 radical (unpaired) electrons. The fourth-order valence-corrected chi connectivity index (χ4v) is 3.74. The third-order valence-corrected chi connectivity index (χ3v) is 5.51. The molecule has 4 rings (SSSR count). The molecule has 29 heavy (non-hydrogen) atoms. The molecule has 2 heterocycles. The first-order chi connectivity index (χ1) is 14.1. The van der Waals surface area contributed by atoms with Crippen LogP contribution in [0.15, 0.2) is 59.0 Å². The van der Waals surface area contributed by atoms with Crippen molar-refractivity contribution in [2.75, 3.05) is 13.1 Å². The van der Waals surface area contributed by atoms with Gasteiger partial charge in [-0.1, -0.05) is 35.9 Å². The highest BCUT2D eigenvalue weighted by molar-refractivity contribution is 5.94. The summed E-state index contributed by atoms with van der Waals surface area (Å²) < 4.78 is 5.96. The molecule has 1 aromatic heterocycles. The molecular formula is C23H26N4O2. The van der Waals surface area contributed by atoms with Gasteiger partial charge in [-0.25, -0.2) is 0 Å². The van der Waals surface area contributed by atoms with E-state index < -0.39 is 0 Å². The summed E-state index contributed by atoms with van der Waals surface area (Å²) in [5, 5.41) is 11.7. The molecule has 1 N–H and O–H groups in total. The van der Waals surface area contributed by atoms with E-state index in [2.05, 4.69) is 27.3 Å². The van der Waals surface area contributed by atoms with Crippen molar-refractivity contribution in [3.05, 3.63) is 71.6 Å². The summed E-state index contributed by atoms with van der Waals surface area (Å²) in [6, 6.07) is 17.7. The molecule has 1 amide bonds.